The number of nitrogens with zero attached hydrogens (tertiary/aromatic N) is 1. The molecule has 23 heavy (non-hydrogen) atoms. The normalized spacial score (nSPS) is 12.9. The number of benzene rings is 1. The van der Waals surface area contributed by atoms with E-state index in [1.165, 1.54) is 0 Å². The van der Waals surface area contributed by atoms with Crippen LogP contribution in [0.3, 0.4) is 0 Å². The molecule has 1 aromatic carbocycles. The first-order chi connectivity index (χ1) is 10.8. The minimum Gasteiger partial charge on any atom is -0.326 e. The quantitative estimate of drug-likeness (QED) is 0.720. The van der Waals surface area contributed by atoms with Gasteiger partial charge >= 0.3 is 0 Å². The van der Waals surface area contributed by atoms with Crippen molar-refractivity contribution >= 4 is 23.2 Å². The van der Waals surface area contributed by atoms with Gasteiger partial charge in [0.25, 0.3) is 0 Å². The average molecular weight is 340 g/mol. The SMILES string of the molecule is CC(C)N(CCN[C@H](C)CC(=O)Nc1ccc(Cl)cc1)C(C)C. The first-order valence-corrected chi connectivity index (χ1v) is 8.72. The van der Waals surface area contributed by atoms with Crippen molar-refractivity contribution in [2.75, 3.05) is 18.4 Å². The molecular formula is C18H30ClN3O. The topological polar surface area (TPSA) is 44.4 Å². The molecule has 1 atom stereocenters. The Morgan fingerprint density at radius 1 is 1.09 bits per heavy atom. The maximum Gasteiger partial charge on any atom is 0.225 e. The molecule has 1 aromatic rings. The van der Waals surface area contributed by atoms with Gasteiger partial charge in [-0.05, 0) is 58.9 Å². The summed E-state index contributed by atoms with van der Waals surface area (Å²) in [6, 6.07) is 8.35. The molecule has 0 fully saturated rings. The Hall–Kier alpha value is -1.10. The van der Waals surface area contributed by atoms with Gasteiger partial charge in [-0.3, -0.25) is 9.69 Å². The highest BCUT2D eigenvalue weighted by Gasteiger charge is 2.14. The van der Waals surface area contributed by atoms with Gasteiger partial charge in [-0.25, -0.2) is 0 Å². The van der Waals surface area contributed by atoms with E-state index in [0.717, 1.165) is 18.8 Å². The van der Waals surface area contributed by atoms with E-state index in [4.69, 9.17) is 11.6 Å². The number of rotatable bonds is 9. The Balaban J connectivity index is 2.31. The summed E-state index contributed by atoms with van der Waals surface area (Å²) < 4.78 is 0. The molecule has 0 unspecified atom stereocenters. The molecular weight excluding hydrogens is 310 g/mol. The maximum atomic E-state index is 12.0. The summed E-state index contributed by atoms with van der Waals surface area (Å²) in [4.78, 5) is 14.5. The molecule has 1 amide bonds. The number of amides is 1. The lowest BCUT2D eigenvalue weighted by molar-refractivity contribution is -0.116. The maximum absolute atomic E-state index is 12.0. The van der Waals surface area contributed by atoms with E-state index in [-0.39, 0.29) is 11.9 Å². The lowest BCUT2D eigenvalue weighted by atomic mass is 10.2. The second-order valence-corrected chi connectivity index (χ2v) is 6.98. The molecule has 0 saturated carbocycles. The van der Waals surface area contributed by atoms with Gasteiger partial charge in [0.15, 0.2) is 0 Å². The first kappa shape index (κ1) is 19.9. The van der Waals surface area contributed by atoms with Crippen LogP contribution in [0.4, 0.5) is 5.69 Å². The number of carbonyl (C=O) groups excluding carboxylic acids is 1. The van der Waals surface area contributed by atoms with Crippen molar-refractivity contribution < 1.29 is 4.79 Å². The summed E-state index contributed by atoms with van der Waals surface area (Å²) >= 11 is 5.83. The Morgan fingerprint density at radius 2 is 1.65 bits per heavy atom. The summed E-state index contributed by atoms with van der Waals surface area (Å²) in [5.41, 5.74) is 0.775. The molecule has 0 radical (unpaired) electrons. The molecule has 0 aliphatic heterocycles. The minimum atomic E-state index is 0.0110. The van der Waals surface area contributed by atoms with E-state index in [2.05, 4.69) is 43.2 Å². The van der Waals surface area contributed by atoms with E-state index >= 15 is 0 Å². The van der Waals surface area contributed by atoms with Crippen LogP contribution in [0.5, 0.6) is 0 Å². The fraction of sp³-hybridized carbons (Fsp3) is 0.611. The minimum absolute atomic E-state index is 0.0110. The molecule has 4 nitrogen and oxygen atoms in total. The van der Waals surface area contributed by atoms with Crippen LogP contribution >= 0.6 is 11.6 Å². The largest absolute Gasteiger partial charge is 0.326 e. The second-order valence-electron chi connectivity index (χ2n) is 6.54. The predicted octanol–water partition coefficient (Wildman–Crippen LogP) is 3.77. The molecule has 1 rings (SSSR count). The summed E-state index contributed by atoms with van der Waals surface area (Å²) in [5, 5.41) is 6.98. The third-order valence-corrected chi connectivity index (χ3v) is 4.06. The molecule has 0 spiro atoms. The van der Waals surface area contributed by atoms with E-state index in [1.54, 1.807) is 12.1 Å². The first-order valence-electron chi connectivity index (χ1n) is 8.34. The number of hydrogen-bond acceptors (Lipinski definition) is 3. The number of halogens is 1. The number of nitrogens with one attached hydrogen (secondary N) is 2. The number of carbonyl (C=O) groups is 1. The second kappa shape index (κ2) is 9.91. The molecule has 0 saturated heterocycles. The van der Waals surface area contributed by atoms with Crippen LogP contribution in [0.25, 0.3) is 0 Å². The molecule has 0 bridgehead atoms. The third kappa shape index (κ3) is 7.82. The van der Waals surface area contributed by atoms with Crippen LogP contribution in [0.1, 0.15) is 41.0 Å². The van der Waals surface area contributed by atoms with Crippen molar-refractivity contribution in [1.82, 2.24) is 10.2 Å². The Labute approximate surface area is 145 Å². The lowest BCUT2D eigenvalue weighted by Crippen LogP contribution is -2.43. The highest BCUT2D eigenvalue weighted by atomic mass is 35.5. The van der Waals surface area contributed by atoms with Gasteiger partial charge < -0.3 is 10.6 Å². The number of hydrogen-bond donors (Lipinski definition) is 2. The van der Waals surface area contributed by atoms with Gasteiger partial charge in [0.1, 0.15) is 0 Å². The van der Waals surface area contributed by atoms with Gasteiger partial charge in [-0.15, -0.1) is 0 Å². The number of anilines is 1. The molecule has 2 N–H and O–H groups in total. The van der Waals surface area contributed by atoms with E-state index in [0.29, 0.717) is 23.5 Å². The summed E-state index contributed by atoms with van der Waals surface area (Å²) in [6.45, 7) is 12.7. The molecule has 0 aliphatic rings. The van der Waals surface area contributed by atoms with E-state index < -0.39 is 0 Å². The smallest absolute Gasteiger partial charge is 0.225 e. The van der Waals surface area contributed by atoms with E-state index in [9.17, 15) is 4.79 Å². The van der Waals surface area contributed by atoms with Crippen molar-refractivity contribution in [3.05, 3.63) is 29.3 Å². The summed E-state index contributed by atoms with van der Waals surface area (Å²) in [7, 11) is 0. The Kier molecular flexibility index (Phi) is 8.59. The fourth-order valence-corrected chi connectivity index (χ4v) is 2.77. The van der Waals surface area contributed by atoms with Gasteiger partial charge in [-0.1, -0.05) is 11.6 Å². The van der Waals surface area contributed by atoms with Crippen molar-refractivity contribution in [2.24, 2.45) is 0 Å². The molecule has 0 aromatic heterocycles. The lowest BCUT2D eigenvalue weighted by Gasteiger charge is -2.31. The van der Waals surface area contributed by atoms with E-state index in [1.807, 2.05) is 19.1 Å². The zero-order valence-electron chi connectivity index (χ0n) is 14.9. The van der Waals surface area contributed by atoms with Gasteiger partial charge in [0.05, 0.1) is 0 Å². The molecule has 0 aliphatic carbocycles. The highest BCUT2D eigenvalue weighted by Crippen LogP contribution is 2.13. The fourth-order valence-electron chi connectivity index (χ4n) is 2.65. The van der Waals surface area contributed by atoms with Crippen LogP contribution < -0.4 is 10.6 Å². The molecule has 0 heterocycles. The predicted molar refractivity (Wildman–Crippen MR) is 99.1 cm³/mol. The van der Waals surface area contributed by atoms with Gasteiger partial charge in [0, 0.05) is 48.3 Å². The van der Waals surface area contributed by atoms with Crippen LogP contribution in [0, 0.1) is 0 Å². The highest BCUT2D eigenvalue weighted by molar-refractivity contribution is 6.30. The third-order valence-electron chi connectivity index (χ3n) is 3.81. The zero-order valence-corrected chi connectivity index (χ0v) is 15.7. The molecule has 130 valence electrons. The van der Waals surface area contributed by atoms with Crippen LogP contribution in [0.15, 0.2) is 24.3 Å². The Morgan fingerprint density at radius 3 is 2.17 bits per heavy atom. The van der Waals surface area contributed by atoms with Crippen LogP contribution in [-0.4, -0.2) is 42.0 Å². The average Bonchev–Trinajstić information content (AvgIpc) is 2.45. The Bertz CT molecular complexity index is 466. The van der Waals surface area contributed by atoms with Crippen molar-refractivity contribution in [3.8, 4) is 0 Å². The summed E-state index contributed by atoms with van der Waals surface area (Å²) in [5.74, 6) is 0.0110. The van der Waals surface area contributed by atoms with Crippen LogP contribution in [0.2, 0.25) is 5.02 Å². The van der Waals surface area contributed by atoms with Crippen LogP contribution in [-0.2, 0) is 4.79 Å². The van der Waals surface area contributed by atoms with Gasteiger partial charge in [-0.2, -0.15) is 0 Å². The van der Waals surface area contributed by atoms with Crippen molar-refractivity contribution in [2.45, 2.75) is 59.2 Å². The monoisotopic (exact) mass is 339 g/mol. The standard InChI is InChI=1S/C18H30ClN3O/c1-13(2)22(14(3)4)11-10-20-15(5)12-18(23)21-17-8-6-16(19)7-9-17/h6-9,13-15,20H,10-12H2,1-5H3,(H,21,23)/t15-/m1/s1. The van der Waals surface area contributed by atoms with Gasteiger partial charge in [0.2, 0.25) is 5.91 Å². The zero-order chi connectivity index (χ0) is 17.4. The summed E-state index contributed by atoms with van der Waals surface area (Å²) in [6.07, 6.45) is 0.450. The van der Waals surface area contributed by atoms with Crippen molar-refractivity contribution in [3.63, 3.8) is 0 Å². The van der Waals surface area contributed by atoms with Crippen molar-refractivity contribution in [1.29, 1.82) is 0 Å². The molecule has 5 heteroatoms.